The van der Waals surface area contributed by atoms with E-state index in [9.17, 15) is 50.8 Å². The van der Waals surface area contributed by atoms with Crippen molar-refractivity contribution in [3.05, 3.63) is 52.2 Å². The molecule has 2 fully saturated rings. The van der Waals surface area contributed by atoms with Gasteiger partial charge in [0.25, 0.3) is 0 Å². The fourth-order valence-electron chi connectivity index (χ4n) is 4.88. The molecule has 0 radical (unpaired) electrons. The Morgan fingerprint density at radius 2 is 1.40 bits per heavy atom. The first-order valence-corrected chi connectivity index (χ1v) is 12.3. The van der Waals surface area contributed by atoms with E-state index in [2.05, 4.69) is 0 Å². The van der Waals surface area contributed by atoms with Crippen molar-refractivity contribution in [3.8, 4) is 28.6 Å². The normalized spacial score (nSPS) is 32.4. The smallest absolute Gasteiger partial charge is 0.229 e. The third-order valence-electron chi connectivity index (χ3n) is 7.04. The Morgan fingerprint density at radius 3 is 2.02 bits per heavy atom. The van der Waals surface area contributed by atoms with Crippen molar-refractivity contribution in [2.75, 3.05) is 13.2 Å². The molecule has 216 valence electrons. The van der Waals surface area contributed by atoms with Gasteiger partial charge in [-0.05, 0) is 24.3 Å². The lowest BCUT2D eigenvalue weighted by Crippen LogP contribution is -2.55. The number of aromatic hydroxyl groups is 2. The summed E-state index contributed by atoms with van der Waals surface area (Å²) in [4.78, 5) is 13.8. The van der Waals surface area contributed by atoms with Crippen LogP contribution in [0.5, 0.6) is 17.2 Å². The molecule has 0 saturated carbocycles. The van der Waals surface area contributed by atoms with Gasteiger partial charge >= 0.3 is 0 Å². The van der Waals surface area contributed by atoms with E-state index in [0.717, 1.165) is 6.07 Å². The predicted octanol–water partition coefficient (Wildman–Crippen LogP) is -1.80. The van der Waals surface area contributed by atoms with Crippen LogP contribution >= 0.6 is 0 Å². The molecule has 14 heteroatoms. The lowest BCUT2D eigenvalue weighted by Gasteiger charge is -2.40. The first-order chi connectivity index (χ1) is 19.0. The summed E-state index contributed by atoms with van der Waals surface area (Å²) in [5.74, 6) is -1.07. The lowest BCUT2D eigenvalue weighted by atomic mass is 9.89. The average Bonchev–Trinajstić information content (AvgIpc) is 3.20. The number of hydrogen-bond donors (Lipinski definition) is 9. The number of aliphatic hydroxyl groups is 7. The Balaban J connectivity index is 1.65. The molecule has 40 heavy (non-hydrogen) atoms. The van der Waals surface area contributed by atoms with Crippen LogP contribution in [0.15, 0.2) is 45.6 Å². The highest BCUT2D eigenvalue weighted by atomic mass is 16.7. The SMILES string of the molecule is O=c1c(C2O[C@H](CO)[C@@H](O)[C@H](O)[C@H]2O)c(-c2ccc(O)cc2)oc2cc(O[C@@H]3O[C@@H](CO)[C@H](O)[C@H]3O)cc(O)c12. The standard InChI is InChI=1S/C26H28O14/c27-7-14-18(31)21(34)22(35)25(39-14)17-20(33)16-12(30)5-11(37-26-23(36)19(32)15(8-28)40-26)6-13(16)38-24(17)9-1-3-10(29)4-2-9/h1-6,14-15,18-19,21-23,25-32,34-36H,7-8H2/t14-,15+,18-,19+,21+,22-,23-,25?,26-/m1/s1. The summed E-state index contributed by atoms with van der Waals surface area (Å²) in [6, 6.07) is 7.61. The molecule has 3 aromatic rings. The average molecular weight is 564 g/mol. The Kier molecular flexibility index (Phi) is 7.71. The molecule has 0 bridgehead atoms. The van der Waals surface area contributed by atoms with Crippen molar-refractivity contribution >= 4 is 11.0 Å². The van der Waals surface area contributed by atoms with Crippen LogP contribution < -0.4 is 10.2 Å². The lowest BCUT2D eigenvalue weighted by molar-refractivity contribution is -0.232. The van der Waals surface area contributed by atoms with E-state index < -0.39 is 79.5 Å². The molecule has 14 nitrogen and oxygen atoms in total. The monoisotopic (exact) mass is 564 g/mol. The van der Waals surface area contributed by atoms with Crippen LogP contribution in [0.4, 0.5) is 0 Å². The third kappa shape index (κ3) is 4.79. The minimum atomic E-state index is -1.84. The summed E-state index contributed by atoms with van der Waals surface area (Å²) in [7, 11) is 0. The summed E-state index contributed by atoms with van der Waals surface area (Å²) in [6.07, 6.45) is -13.8. The molecule has 0 amide bonds. The van der Waals surface area contributed by atoms with E-state index in [1.54, 1.807) is 0 Å². The molecular formula is C26H28O14. The molecule has 9 atom stereocenters. The van der Waals surface area contributed by atoms with Gasteiger partial charge in [-0.2, -0.15) is 0 Å². The molecule has 3 heterocycles. The number of ether oxygens (including phenoxy) is 3. The largest absolute Gasteiger partial charge is 0.508 e. The van der Waals surface area contributed by atoms with Gasteiger partial charge in [-0.25, -0.2) is 0 Å². The van der Waals surface area contributed by atoms with Crippen LogP contribution in [0.25, 0.3) is 22.3 Å². The fourth-order valence-corrected chi connectivity index (χ4v) is 4.88. The molecule has 5 rings (SSSR count). The maximum Gasteiger partial charge on any atom is 0.229 e. The maximum atomic E-state index is 13.8. The molecule has 2 aliphatic heterocycles. The molecule has 0 aliphatic carbocycles. The number of hydrogen-bond acceptors (Lipinski definition) is 14. The molecule has 9 N–H and O–H groups in total. The van der Waals surface area contributed by atoms with Gasteiger partial charge in [0, 0.05) is 17.7 Å². The fraction of sp³-hybridized carbons (Fsp3) is 0.423. The van der Waals surface area contributed by atoms with E-state index in [1.165, 1.54) is 30.3 Å². The zero-order valence-corrected chi connectivity index (χ0v) is 20.6. The Morgan fingerprint density at radius 1 is 0.775 bits per heavy atom. The summed E-state index contributed by atoms with van der Waals surface area (Å²) in [5, 5.41) is 90.6. The van der Waals surface area contributed by atoms with Crippen LogP contribution in [0.2, 0.25) is 0 Å². The Bertz CT molecular complexity index is 1420. The number of phenols is 2. The van der Waals surface area contributed by atoms with Crippen LogP contribution in [0.3, 0.4) is 0 Å². The molecule has 2 aliphatic rings. The van der Waals surface area contributed by atoms with Crippen molar-refractivity contribution in [2.45, 2.75) is 55.1 Å². The van der Waals surface area contributed by atoms with Crippen LogP contribution in [-0.2, 0) is 9.47 Å². The maximum absolute atomic E-state index is 13.8. The molecular weight excluding hydrogens is 536 g/mol. The molecule has 1 aromatic heterocycles. The van der Waals surface area contributed by atoms with Crippen molar-refractivity contribution in [2.24, 2.45) is 0 Å². The number of benzene rings is 2. The highest BCUT2D eigenvalue weighted by Crippen LogP contribution is 2.40. The van der Waals surface area contributed by atoms with Crippen molar-refractivity contribution < 1.29 is 64.6 Å². The number of aliphatic hydroxyl groups excluding tert-OH is 7. The minimum absolute atomic E-state index is 0.104. The number of fused-ring (bicyclic) bond motifs is 1. The quantitative estimate of drug-likeness (QED) is 0.161. The van der Waals surface area contributed by atoms with Crippen molar-refractivity contribution in [1.29, 1.82) is 0 Å². The number of rotatable bonds is 6. The van der Waals surface area contributed by atoms with Gasteiger partial charge in [-0.1, -0.05) is 0 Å². The van der Waals surface area contributed by atoms with Crippen molar-refractivity contribution in [3.63, 3.8) is 0 Å². The van der Waals surface area contributed by atoms with Gasteiger partial charge in [-0.15, -0.1) is 0 Å². The molecule has 1 unspecified atom stereocenters. The molecule has 2 aromatic carbocycles. The van der Waals surface area contributed by atoms with Gasteiger partial charge in [0.15, 0.2) is 0 Å². The highest BCUT2D eigenvalue weighted by Gasteiger charge is 2.47. The molecule has 0 spiro atoms. The minimum Gasteiger partial charge on any atom is -0.508 e. The topological polar surface area (TPSA) is 240 Å². The third-order valence-corrected chi connectivity index (χ3v) is 7.04. The van der Waals surface area contributed by atoms with Gasteiger partial charge in [0.1, 0.15) is 82.8 Å². The van der Waals surface area contributed by atoms with Gasteiger partial charge in [0.05, 0.1) is 18.8 Å². The van der Waals surface area contributed by atoms with E-state index in [1.807, 2.05) is 0 Å². The second kappa shape index (κ2) is 10.9. The van der Waals surface area contributed by atoms with Gasteiger partial charge < -0.3 is 64.6 Å². The van der Waals surface area contributed by atoms with Gasteiger partial charge in [0.2, 0.25) is 11.7 Å². The van der Waals surface area contributed by atoms with E-state index in [4.69, 9.17) is 18.6 Å². The Labute approximate surface area is 225 Å². The summed E-state index contributed by atoms with van der Waals surface area (Å²) in [5.41, 5.74) is -1.23. The van der Waals surface area contributed by atoms with Crippen molar-refractivity contribution in [1.82, 2.24) is 0 Å². The highest BCUT2D eigenvalue weighted by molar-refractivity contribution is 5.87. The van der Waals surface area contributed by atoms with Crippen LogP contribution in [-0.4, -0.2) is 108 Å². The second-order valence-corrected chi connectivity index (χ2v) is 9.61. The van der Waals surface area contributed by atoms with Crippen LogP contribution in [0.1, 0.15) is 11.7 Å². The molecule has 2 saturated heterocycles. The summed E-state index contributed by atoms with van der Waals surface area (Å²) >= 11 is 0. The number of phenolic OH excluding ortho intramolecular Hbond substituents is 2. The van der Waals surface area contributed by atoms with E-state index in [-0.39, 0.29) is 39.4 Å². The van der Waals surface area contributed by atoms with E-state index >= 15 is 0 Å². The Hall–Kier alpha value is -3.31. The van der Waals surface area contributed by atoms with Gasteiger partial charge in [-0.3, -0.25) is 4.79 Å². The first-order valence-electron chi connectivity index (χ1n) is 12.3. The summed E-state index contributed by atoms with van der Waals surface area (Å²) in [6.45, 7) is -1.34. The van der Waals surface area contributed by atoms with Crippen LogP contribution in [0, 0.1) is 0 Å². The summed E-state index contributed by atoms with van der Waals surface area (Å²) < 4.78 is 22.4. The van der Waals surface area contributed by atoms with E-state index in [0.29, 0.717) is 0 Å². The zero-order chi connectivity index (χ0) is 28.9. The second-order valence-electron chi connectivity index (χ2n) is 9.61. The first kappa shape index (κ1) is 28.2. The zero-order valence-electron chi connectivity index (χ0n) is 20.6. The predicted molar refractivity (Wildman–Crippen MR) is 132 cm³/mol.